The zero-order chi connectivity index (χ0) is 13.5. The number of carbonyl (C=O) groups excluding carboxylic acids is 1. The highest BCUT2D eigenvalue weighted by molar-refractivity contribution is 6.31. The Morgan fingerprint density at radius 1 is 1.39 bits per heavy atom. The second kappa shape index (κ2) is 4.24. The molecular weight excluding hydrogens is 264 g/mol. The van der Waals surface area contributed by atoms with Crippen molar-refractivity contribution in [2.75, 3.05) is 7.11 Å². The number of rotatable bonds is 2. The van der Waals surface area contributed by atoms with Crippen molar-refractivity contribution < 1.29 is 18.3 Å². The van der Waals surface area contributed by atoms with E-state index in [1.807, 2.05) is 0 Å². The number of esters is 1. The van der Waals surface area contributed by atoms with E-state index in [9.17, 15) is 13.6 Å². The van der Waals surface area contributed by atoms with E-state index in [1.54, 1.807) is 18.2 Å². The number of nitrogens with zero attached hydrogens (tertiary/aromatic N) is 1. The predicted octanol–water partition coefficient (Wildman–Crippen LogP) is 3.10. The molecule has 0 aliphatic heterocycles. The largest absolute Gasteiger partial charge is 0.464 e. The number of benzene rings is 1. The Balaban J connectivity index is 2.65. The summed E-state index contributed by atoms with van der Waals surface area (Å²) in [4.78, 5) is 11.1. The summed E-state index contributed by atoms with van der Waals surface area (Å²) in [6.45, 7) is 0. The van der Waals surface area contributed by atoms with Crippen molar-refractivity contribution in [3.63, 3.8) is 0 Å². The maximum atomic E-state index is 13.8. The molecule has 0 N–H and O–H groups in total. The first-order chi connectivity index (χ1) is 8.37. The molecule has 0 unspecified atom stereocenters. The van der Waals surface area contributed by atoms with E-state index in [2.05, 4.69) is 4.74 Å². The van der Waals surface area contributed by atoms with Crippen LogP contribution in [0.4, 0.5) is 8.78 Å². The molecule has 6 heteroatoms. The second-order valence-corrected chi connectivity index (χ2v) is 4.29. The molecule has 0 bridgehead atoms. The van der Waals surface area contributed by atoms with Gasteiger partial charge in [0.1, 0.15) is 5.69 Å². The van der Waals surface area contributed by atoms with Gasteiger partial charge in [0.2, 0.25) is 0 Å². The topological polar surface area (TPSA) is 31.2 Å². The minimum Gasteiger partial charge on any atom is -0.464 e. The SMILES string of the molecule is COC(=O)C(F)(F)c1cc2cc(Cl)ccc2n1C. The monoisotopic (exact) mass is 273 g/mol. The molecule has 0 saturated carbocycles. The Bertz CT molecular complexity index is 622. The highest BCUT2D eigenvalue weighted by Crippen LogP contribution is 2.34. The zero-order valence-corrected chi connectivity index (χ0v) is 10.5. The quantitative estimate of drug-likeness (QED) is 0.788. The van der Waals surface area contributed by atoms with Gasteiger partial charge in [0.05, 0.1) is 7.11 Å². The molecule has 2 rings (SSSR count). The summed E-state index contributed by atoms with van der Waals surface area (Å²) in [5.74, 6) is -5.27. The number of halogens is 3. The molecule has 0 spiro atoms. The van der Waals surface area contributed by atoms with E-state index in [-0.39, 0.29) is 0 Å². The Labute approximate surface area is 107 Å². The summed E-state index contributed by atoms with van der Waals surface area (Å²) >= 11 is 5.80. The Kier molecular flexibility index (Phi) is 3.02. The van der Waals surface area contributed by atoms with Crippen molar-refractivity contribution in [3.05, 3.63) is 35.0 Å². The van der Waals surface area contributed by atoms with Gasteiger partial charge in [0.25, 0.3) is 0 Å². The summed E-state index contributed by atoms with van der Waals surface area (Å²) in [5.41, 5.74) is 0.143. The van der Waals surface area contributed by atoms with Crippen molar-refractivity contribution >= 4 is 28.5 Å². The van der Waals surface area contributed by atoms with Gasteiger partial charge < -0.3 is 9.30 Å². The Hall–Kier alpha value is -1.62. The maximum Gasteiger partial charge on any atom is 0.383 e. The molecule has 96 valence electrons. The fourth-order valence-electron chi connectivity index (χ4n) is 1.85. The van der Waals surface area contributed by atoms with Crippen molar-refractivity contribution in [3.8, 4) is 0 Å². The molecule has 18 heavy (non-hydrogen) atoms. The number of aryl methyl sites for hydroxylation is 1. The first kappa shape index (κ1) is 12.8. The number of hydrogen-bond donors (Lipinski definition) is 0. The van der Waals surface area contributed by atoms with Gasteiger partial charge in [-0.25, -0.2) is 4.79 Å². The number of aromatic nitrogens is 1. The Morgan fingerprint density at radius 3 is 2.67 bits per heavy atom. The third-order valence-corrected chi connectivity index (χ3v) is 3.00. The summed E-state index contributed by atoms with van der Waals surface area (Å²) in [7, 11) is 2.39. The number of methoxy groups -OCH3 is 1. The normalized spacial score (nSPS) is 11.8. The lowest BCUT2D eigenvalue weighted by atomic mass is 10.2. The molecule has 1 aromatic carbocycles. The standard InChI is InChI=1S/C12H10ClF2NO2/c1-16-9-4-3-8(13)5-7(9)6-10(16)12(14,15)11(17)18-2/h3-6H,1-2H3. The average Bonchev–Trinajstić information content (AvgIpc) is 2.65. The third kappa shape index (κ3) is 1.84. The minimum atomic E-state index is -3.69. The van der Waals surface area contributed by atoms with Gasteiger partial charge in [0, 0.05) is 23.0 Å². The van der Waals surface area contributed by atoms with Gasteiger partial charge >= 0.3 is 11.9 Å². The van der Waals surface area contributed by atoms with Crippen molar-refractivity contribution in [1.82, 2.24) is 4.57 Å². The van der Waals surface area contributed by atoms with Gasteiger partial charge in [0.15, 0.2) is 0 Å². The van der Waals surface area contributed by atoms with Crippen molar-refractivity contribution in [1.29, 1.82) is 0 Å². The number of hydrogen-bond acceptors (Lipinski definition) is 2. The fourth-order valence-corrected chi connectivity index (χ4v) is 2.03. The predicted molar refractivity (Wildman–Crippen MR) is 63.8 cm³/mol. The average molecular weight is 274 g/mol. The van der Waals surface area contributed by atoms with E-state index in [1.165, 1.54) is 17.7 Å². The number of carbonyl (C=O) groups is 1. The number of fused-ring (bicyclic) bond motifs is 1. The molecule has 0 atom stereocenters. The molecule has 1 aromatic heterocycles. The van der Waals surface area contributed by atoms with Gasteiger partial charge in [-0.3, -0.25) is 0 Å². The molecule has 0 fully saturated rings. The van der Waals surface area contributed by atoms with Crippen LogP contribution in [0.5, 0.6) is 0 Å². The first-order valence-corrected chi connectivity index (χ1v) is 5.47. The molecule has 0 radical (unpaired) electrons. The van der Waals surface area contributed by atoms with Gasteiger partial charge in [-0.05, 0) is 24.3 Å². The number of alkyl halides is 2. The fraction of sp³-hybridized carbons (Fsp3) is 0.250. The molecule has 0 saturated heterocycles. The number of ether oxygens (including phenoxy) is 1. The maximum absolute atomic E-state index is 13.8. The van der Waals surface area contributed by atoms with Crippen LogP contribution in [0.15, 0.2) is 24.3 Å². The second-order valence-electron chi connectivity index (χ2n) is 3.86. The van der Waals surface area contributed by atoms with Crippen LogP contribution in [0.3, 0.4) is 0 Å². The van der Waals surface area contributed by atoms with E-state index >= 15 is 0 Å². The van der Waals surface area contributed by atoms with Gasteiger partial charge in [-0.2, -0.15) is 8.78 Å². The van der Waals surface area contributed by atoms with Crippen LogP contribution < -0.4 is 0 Å². The van der Waals surface area contributed by atoms with Crippen LogP contribution in [0.25, 0.3) is 10.9 Å². The highest BCUT2D eigenvalue weighted by atomic mass is 35.5. The first-order valence-electron chi connectivity index (χ1n) is 5.09. The van der Waals surface area contributed by atoms with E-state index in [0.29, 0.717) is 15.9 Å². The lowest BCUT2D eigenvalue weighted by molar-refractivity contribution is -0.171. The van der Waals surface area contributed by atoms with Crippen LogP contribution in [-0.4, -0.2) is 17.6 Å². The van der Waals surface area contributed by atoms with E-state index in [4.69, 9.17) is 11.6 Å². The van der Waals surface area contributed by atoms with Gasteiger partial charge in [-0.1, -0.05) is 11.6 Å². The zero-order valence-electron chi connectivity index (χ0n) is 9.71. The van der Waals surface area contributed by atoms with Crippen molar-refractivity contribution in [2.24, 2.45) is 7.05 Å². The molecule has 2 aromatic rings. The molecule has 1 heterocycles. The van der Waals surface area contributed by atoms with E-state index in [0.717, 1.165) is 7.11 Å². The minimum absolute atomic E-state index is 0.424. The molecule has 0 aliphatic carbocycles. The molecule has 3 nitrogen and oxygen atoms in total. The lowest BCUT2D eigenvalue weighted by Gasteiger charge is -2.14. The lowest BCUT2D eigenvalue weighted by Crippen LogP contribution is -2.29. The van der Waals surface area contributed by atoms with Crippen LogP contribution in [0.1, 0.15) is 5.69 Å². The van der Waals surface area contributed by atoms with Crippen LogP contribution in [0.2, 0.25) is 5.02 Å². The third-order valence-electron chi connectivity index (χ3n) is 2.77. The smallest absolute Gasteiger partial charge is 0.383 e. The van der Waals surface area contributed by atoms with Crippen LogP contribution in [-0.2, 0) is 22.5 Å². The van der Waals surface area contributed by atoms with E-state index < -0.39 is 17.6 Å². The summed E-state index contributed by atoms with van der Waals surface area (Å²) in [5, 5.41) is 0.990. The van der Waals surface area contributed by atoms with Gasteiger partial charge in [-0.15, -0.1) is 0 Å². The molecular formula is C12H10ClF2NO2. The van der Waals surface area contributed by atoms with Crippen LogP contribution >= 0.6 is 11.6 Å². The van der Waals surface area contributed by atoms with Crippen LogP contribution in [0, 0.1) is 0 Å². The summed E-state index contributed by atoms with van der Waals surface area (Å²) in [6.07, 6.45) is 0. The summed E-state index contributed by atoms with van der Waals surface area (Å²) in [6, 6.07) is 6.02. The molecule has 0 amide bonds. The highest BCUT2D eigenvalue weighted by Gasteiger charge is 2.44. The Morgan fingerprint density at radius 2 is 2.06 bits per heavy atom. The van der Waals surface area contributed by atoms with Crippen molar-refractivity contribution in [2.45, 2.75) is 5.92 Å². The summed E-state index contributed by atoms with van der Waals surface area (Å²) < 4.78 is 33.0. The molecule has 0 aliphatic rings.